The Morgan fingerprint density at radius 3 is 2.08 bits per heavy atom. The normalized spacial score (nSPS) is 10.0. The zero-order valence-electron chi connectivity index (χ0n) is 15.5. The van der Waals surface area contributed by atoms with E-state index in [9.17, 15) is 4.79 Å². The standard InChI is InChI=1S/C19H25N3O4/c1-22(2)15-7-5-14(6-8-15)21-19(23)20-9-10-26-18-12-16(24-3)11-17(13-18)25-4/h5-8,11-13H,9-10H2,1-4H3,(H2,20,21,23). The van der Waals surface area contributed by atoms with Crippen molar-refractivity contribution in [1.82, 2.24) is 5.32 Å². The van der Waals surface area contributed by atoms with Gasteiger partial charge in [0.15, 0.2) is 0 Å². The number of urea groups is 1. The summed E-state index contributed by atoms with van der Waals surface area (Å²) in [5.74, 6) is 1.90. The maximum absolute atomic E-state index is 11.9. The summed E-state index contributed by atoms with van der Waals surface area (Å²) in [5.41, 5.74) is 1.80. The molecule has 7 heteroatoms. The molecule has 0 unspecified atom stereocenters. The van der Waals surface area contributed by atoms with Crippen LogP contribution >= 0.6 is 0 Å². The van der Waals surface area contributed by atoms with E-state index in [4.69, 9.17) is 14.2 Å². The summed E-state index contributed by atoms with van der Waals surface area (Å²) in [6, 6.07) is 12.6. The molecule has 2 rings (SSSR count). The van der Waals surface area contributed by atoms with E-state index in [1.165, 1.54) is 0 Å². The van der Waals surface area contributed by atoms with Crippen molar-refractivity contribution in [3.8, 4) is 17.2 Å². The molecule has 0 aromatic heterocycles. The molecule has 0 saturated carbocycles. The van der Waals surface area contributed by atoms with E-state index >= 15 is 0 Å². The molecule has 0 spiro atoms. The molecule has 0 heterocycles. The lowest BCUT2D eigenvalue weighted by Gasteiger charge is -2.13. The van der Waals surface area contributed by atoms with Crippen LogP contribution in [0.15, 0.2) is 42.5 Å². The molecule has 0 aliphatic rings. The first-order valence-corrected chi connectivity index (χ1v) is 8.20. The van der Waals surface area contributed by atoms with E-state index in [0.717, 1.165) is 11.4 Å². The zero-order valence-corrected chi connectivity index (χ0v) is 15.5. The zero-order chi connectivity index (χ0) is 18.9. The van der Waals surface area contributed by atoms with Gasteiger partial charge in [-0.25, -0.2) is 4.79 Å². The fourth-order valence-electron chi connectivity index (χ4n) is 2.22. The van der Waals surface area contributed by atoms with Crippen molar-refractivity contribution < 1.29 is 19.0 Å². The highest BCUT2D eigenvalue weighted by Crippen LogP contribution is 2.27. The molecule has 140 valence electrons. The number of carbonyl (C=O) groups excluding carboxylic acids is 1. The number of hydrogen-bond donors (Lipinski definition) is 2. The van der Waals surface area contributed by atoms with Gasteiger partial charge in [0.1, 0.15) is 23.9 Å². The summed E-state index contributed by atoms with van der Waals surface area (Å²) in [4.78, 5) is 13.9. The van der Waals surface area contributed by atoms with Crippen molar-refractivity contribution in [3.05, 3.63) is 42.5 Å². The first kappa shape index (κ1) is 19.2. The van der Waals surface area contributed by atoms with Gasteiger partial charge in [-0.2, -0.15) is 0 Å². The molecule has 2 N–H and O–H groups in total. The number of carbonyl (C=O) groups is 1. The molecule has 0 aliphatic carbocycles. The van der Waals surface area contributed by atoms with E-state index in [0.29, 0.717) is 30.4 Å². The van der Waals surface area contributed by atoms with Crippen LogP contribution in [0, 0.1) is 0 Å². The van der Waals surface area contributed by atoms with Crippen LogP contribution in [0.25, 0.3) is 0 Å². The highest BCUT2D eigenvalue weighted by molar-refractivity contribution is 5.89. The highest BCUT2D eigenvalue weighted by atomic mass is 16.5. The fraction of sp³-hybridized carbons (Fsp3) is 0.316. The number of rotatable bonds is 8. The van der Waals surface area contributed by atoms with E-state index < -0.39 is 0 Å². The molecular weight excluding hydrogens is 334 g/mol. The summed E-state index contributed by atoms with van der Waals surface area (Å²) in [6.07, 6.45) is 0. The second-order valence-corrected chi connectivity index (χ2v) is 5.72. The minimum absolute atomic E-state index is 0.283. The molecule has 0 aliphatic heterocycles. The van der Waals surface area contributed by atoms with Crippen molar-refractivity contribution in [2.24, 2.45) is 0 Å². The number of methoxy groups -OCH3 is 2. The average molecular weight is 359 g/mol. The van der Waals surface area contributed by atoms with Gasteiger partial charge in [0.2, 0.25) is 0 Å². The average Bonchev–Trinajstić information content (AvgIpc) is 2.65. The molecule has 0 atom stereocenters. The quantitative estimate of drug-likeness (QED) is 0.709. The molecular formula is C19H25N3O4. The van der Waals surface area contributed by atoms with Gasteiger partial charge in [-0.3, -0.25) is 0 Å². The Morgan fingerprint density at radius 1 is 0.962 bits per heavy atom. The molecule has 0 saturated heterocycles. The number of anilines is 2. The number of nitrogens with one attached hydrogen (secondary N) is 2. The Morgan fingerprint density at radius 2 is 1.54 bits per heavy atom. The van der Waals surface area contributed by atoms with Crippen LogP contribution < -0.4 is 29.7 Å². The van der Waals surface area contributed by atoms with Crippen LogP contribution in [0.2, 0.25) is 0 Å². The molecule has 2 amide bonds. The van der Waals surface area contributed by atoms with Gasteiger partial charge in [-0.15, -0.1) is 0 Å². The van der Waals surface area contributed by atoms with E-state index in [2.05, 4.69) is 10.6 Å². The molecule has 7 nitrogen and oxygen atoms in total. The Hall–Kier alpha value is -3.09. The van der Waals surface area contributed by atoms with Crippen LogP contribution in [0.5, 0.6) is 17.2 Å². The number of ether oxygens (including phenoxy) is 3. The monoisotopic (exact) mass is 359 g/mol. The van der Waals surface area contributed by atoms with Crippen molar-refractivity contribution in [3.63, 3.8) is 0 Å². The third kappa shape index (κ3) is 5.77. The largest absolute Gasteiger partial charge is 0.496 e. The van der Waals surface area contributed by atoms with Crippen LogP contribution in [-0.2, 0) is 0 Å². The minimum Gasteiger partial charge on any atom is -0.496 e. The van der Waals surface area contributed by atoms with Gasteiger partial charge >= 0.3 is 6.03 Å². The maximum atomic E-state index is 11.9. The van der Waals surface area contributed by atoms with Crippen LogP contribution in [0.3, 0.4) is 0 Å². The van der Waals surface area contributed by atoms with E-state index in [-0.39, 0.29) is 6.03 Å². The van der Waals surface area contributed by atoms with Gasteiger partial charge in [-0.05, 0) is 24.3 Å². The minimum atomic E-state index is -0.283. The Bertz CT molecular complexity index is 695. The lowest BCUT2D eigenvalue weighted by molar-refractivity contribution is 0.247. The fourth-order valence-corrected chi connectivity index (χ4v) is 2.22. The van der Waals surface area contributed by atoms with Crippen molar-refractivity contribution in [1.29, 1.82) is 0 Å². The molecule has 2 aromatic rings. The van der Waals surface area contributed by atoms with Gasteiger partial charge in [-0.1, -0.05) is 0 Å². The molecule has 2 aromatic carbocycles. The second-order valence-electron chi connectivity index (χ2n) is 5.72. The lowest BCUT2D eigenvalue weighted by Crippen LogP contribution is -2.32. The number of amides is 2. The Balaban J connectivity index is 1.76. The maximum Gasteiger partial charge on any atom is 0.319 e. The topological polar surface area (TPSA) is 72.1 Å². The van der Waals surface area contributed by atoms with Crippen LogP contribution in [0.1, 0.15) is 0 Å². The summed E-state index contributed by atoms with van der Waals surface area (Å²) in [5, 5.41) is 5.53. The van der Waals surface area contributed by atoms with Crippen molar-refractivity contribution in [2.45, 2.75) is 0 Å². The van der Waals surface area contributed by atoms with Crippen LogP contribution in [-0.4, -0.2) is 47.5 Å². The predicted molar refractivity (Wildman–Crippen MR) is 103 cm³/mol. The van der Waals surface area contributed by atoms with Gasteiger partial charge in [0.05, 0.1) is 20.8 Å². The Kier molecular flexibility index (Phi) is 6.96. The number of nitrogens with zero attached hydrogens (tertiary/aromatic N) is 1. The smallest absolute Gasteiger partial charge is 0.319 e. The van der Waals surface area contributed by atoms with Gasteiger partial charge < -0.3 is 29.7 Å². The second kappa shape index (κ2) is 9.41. The SMILES string of the molecule is COc1cc(OC)cc(OCCNC(=O)Nc2ccc(N(C)C)cc2)c1. The summed E-state index contributed by atoms with van der Waals surface area (Å²) < 4.78 is 16.0. The molecule has 0 fully saturated rings. The van der Waals surface area contributed by atoms with Crippen molar-refractivity contribution in [2.75, 3.05) is 51.7 Å². The summed E-state index contributed by atoms with van der Waals surface area (Å²) >= 11 is 0. The highest BCUT2D eigenvalue weighted by Gasteiger charge is 2.04. The molecule has 26 heavy (non-hydrogen) atoms. The summed E-state index contributed by atoms with van der Waals surface area (Å²) in [6.45, 7) is 0.685. The third-order valence-corrected chi connectivity index (χ3v) is 3.62. The molecule has 0 bridgehead atoms. The molecule has 0 radical (unpaired) electrons. The number of hydrogen-bond acceptors (Lipinski definition) is 5. The van der Waals surface area contributed by atoms with E-state index in [1.54, 1.807) is 32.4 Å². The summed E-state index contributed by atoms with van der Waals surface area (Å²) in [7, 11) is 7.09. The first-order chi connectivity index (χ1) is 12.5. The van der Waals surface area contributed by atoms with Gasteiger partial charge in [0.25, 0.3) is 0 Å². The van der Waals surface area contributed by atoms with Gasteiger partial charge in [0, 0.05) is 43.7 Å². The predicted octanol–water partition coefficient (Wildman–Crippen LogP) is 2.97. The van der Waals surface area contributed by atoms with Crippen LogP contribution in [0.4, 0.5) is 16.2 Å². The first-order valence-electron chi connectivity index (χ1n) is 8.20. The Labute approximate surface area is 153 Å². The van der Waals surface area contributed by atoms with Crippen molar-refractivity contribution >= 4 is 17.4 Å². The van der Waals surface area contributed by atoms with E-state index in [1.807, 2.05) is 43.3 Å². The number of benzene rings is 2. The lowest BCUT2D eigenvalue weighted by atomic mass is 10.2. The third-order valence-electron chi connectivity index (χ3n) is 3.62.